The van der Waals surface area contributed by atoms with Crippen molar-refractivity contribution < 1.29 is 9.13 Å². The lowest BCUT2D eigenvalue weighted by Crippen LogP contribution is -2.44. The molecule has 0 spiro atoms. The van der Waals surface area contributed by atoms with E-state index < -0.39 is 0 Å². The molecule has 0 aliphatic heterocycles. The first kappa shape index (κ1) is 16.7. The average molecular weight is 314 g/mol. The van der Waals surface area contributed by atoms with Crippen LogP contribution in [0.4, 0.5) is 4.39 Å². The third kappa shape index (κ3) is 4.94. The minimum atomic E-state index is -0.359. The van der Waals surface area contributed by atoms with Gasteiger partial charge in [0.2, 0.25) is 0 Å². The first-order valence-corrected chi connectivity index (χ1v) is 8.32. The number of hydrogen-bond donors (Lipinski definition) is 1. The molecule has 1 saturated carbocycles. The highest BCUT2D eigenvalue weighted by Crippen LogP contribution is 2.36. The van der Waals surface area contributed by atoms with Crippen LogP contribution in [0.1, 0.15) is 38.7 Å². The maximum Gasteiger partial charge on any atom is 0.141 e. The zero-order chi connectivity index (χ0) is 15.2. The van der Waals surface area contributed by atoms with Crippen molar-refractivity contribution in [1.82, 2.24) is 5.32 Å². The molecular formula is C17H25ClFNO. The summed E-state index contributed by atoms with van der Waals surface area (Å²) in [7, 11) is 0. The fourth-order valence-electron chi connectivity index (χ4n) is 2.75. The highest BCUT2D eigenvalue weighted by molar-refractivity contribution is 6.30. The standard InChI is InChI=1S/C17H25ClFNO/c1-3-9-20-16(17(21-4-2)13-6-7-13)11-12-5-8-15(19)14(18)10-12/h5,8,10,13,16-17,20H,3-4,6-7,9,11H2,1-2H3. The van der Waals surface area contributed by atoms with Crippen LogP contribution in [0.3, 0.4) is 0 Å². The Labute approximate surface area is 132 Å². The molecule has 4 heteroatoms. The van der Waals surface area contributed by atoms with Crippen molar-refractivity contribution in [3.05, 3.63) is 34.6 Å². The van der Waals surface area contributed by atoms with Gasteiger partial charge in [0.05, 0.1) is 11.1 Å². The van der Waals surface area contributed by atoms with E-state index >= 15 is 0 Å². The highest BCUT2D eigenvalue weighted by Gasteiger charge is 2.37. The molecule has 1 aromatic rings. The second-order valence-electron chi connectivity index (χ2n) is 5.77. The van der Waals surface area contributed by atoms with Crippen LogP contribution in [0.15, 0.2) is 18.2 Å². The third-order valence-electron chi connectivity index (χ3n) is 3.94. The smallest absolute Gasteiger partial charge is 0.141 e. The van der Waals surface area contributed by atoms with Crippen LogP contribution < -0.4 is 5.32 Å². The quantitative estimate of drug-likeness (QED) is 0.737. The molecule has 21 heavy (non-hydrogen) atoms. The molecule has 0 heterocycles. The molecular weight excluding hydrogens is 289 g/mol. The summed E-state index contributed by atoms with van der Waals surface area (Å²) in [5.41, 5.74) is 1.06. The van der Waals surface area contributed by atoms with E-state index in [1.165, 1.54) is 18.9 Å². The van der Waals surface area contributed by atoms with E-state index in [1.807, 2.05) is 13.0 Å². The molecule has 0 amide bonds. The lowest BCUT2D eigenvalue weighted by Gasteiger charge is -2.28. The van der Waals surface area contributed by atoms with E-state index in [4.69, 9.17) is 16.3 Å². The van der Waals surface area contributed by atoms with Gasteiger partial charge in [0.15, 0.2) is 0 Å². The zero-order valence-corrected chi connectivity index (χ0v) is 13.6. The molecule has 2 unspecified atom stereocenters. The van der Waals surface area contributed by atoms with Crippen LogP contribution in [-0.2, 0) is 11.2 Å². The third-order valence-corrected chi connectivity index (χ3v) is 4.23. The minimum absolute atomic E-state index is 0.195. The van der Waals surface area contributed by atoms with Gasteiger partial charge in [0.25, 0.3) is 0 Å². The molecule has 0 bridgehead atoms. The van der Waals surface area contributed by atoms with Crippen molar-refractivity contribution >= 4 is 11.6 Å². The van der Waals surface area contributed by atoms with Crippen molar-refractivity contribution in [2.45, 2.75) is 51.7 Å². The average Bonchev–Trinajstić information content (AvgIpc) is 3.29. The van der Waals surface area contributed by atoms with Crippen LogP contribution >= 0.6 is 11.6 Å². The van der Waals surface area contributed by atoms with E-state index in [-0.39, 0.29) is 23.0 Å². The van der Waals surface area contributed by atoms with Crippen molar-refractivity contribution in [2.75, 3.05) is 13.2 Å². The Kier molecular flexibility index (Phi) is 6.46. The number of rotatable bonds is 9. The SMILES string of the molecule is CCCNC(Cc1ccc(F)c(Cl)c1)C(OCC)C1CC1. The molecule has 0 aromatic heterocycles. The van der Waals surface area contributed by atoms with Crippen LogP contribution in [0.5, 0.6) is 0 Å². The van der Waals surface area contributed by atoms with Crippen molar-refractivity contribution in [3.63, 3.8) is 0 Å². The fourth-order valence-corrected chi connectivity index (χ4v) is 2.96. The number of nitrogens with one attached hydrogen (secondary N) is 1. The monoisotopic (exact) mass is 313 g/mol. The molecule has 1 fully saturated rings. The molecule has 2 rings (SSSR count). The molecule has 1 aliphatic rings. The van der Waals surface area contributed by atoms with Crippen molar-refractivity contribution in [1.29, 1.82) is 0 Å². The summed E-state index contributed by atoms with van der Waals surface area (Å²) >= 11 is 5.89. The van der Waals surface area contributed by atoms with Gasteiger partial charge < -0.3 is 10.1 Å². The largest absolute Gasteiger partial charge is 0.377 e. The molecule has 1 aromatic carbocycles. The van der Waals surface area contributed by atoms with Crippen LogP contribution in [0, 0.1) is 11.7 Å². The van der Waals surface area contributed by atoms with Gasteiger partial charge in [0.1, 0.15) is 5.82 Å². The molecule has 118 valence electrons. The summed E-state index contributed by atoms with van der Waals surface area (Å²) in [6, 6.07) is 5.26. The molecule has 1 aliphatic carbocycles. The Balaban J connectivity index is 2.08. The summed E-state index contributed by atoms with van der Waals surface area (Å²) in [6.45, 7) is 5.90. The first-order chi connectivity index (χ1) is 10.2. The van der Waals surface area contributed by atoms with Crippen LogP contribution in [0.25, 0.3) is 0 Å². The number of halogens is 2. The normalized spacial score (nSPS) is 17.7. The predicted molar refractivity (Wildman–Crippen MR) is 85.3 cm³/mol. The lowest BCUT2D eigenvalue weighted by molar-refractivity contribution is 0.0192. The van der Waals surface area contributed by atoms with Crippen LogP contribution in [-0.4, -0.2) is 25.3 Å². The second kappa shape index (κ2) is 8.11. The summed E-state index contributed by atoms with van der Waals surface area (Å²) in [5, 5.41) is 3.79. The molecule has 1 N–H and O–H groups in total. The Bertz CT molecular complexity index is 450. The van der Waals surface area contributed by atoms with Gasteiger partial charge in [-0.15, -0.1) is 0 Å². The predicted octanol–water partition coefficient (Wildman–Crippen LogP) is 4.20. The number of hydrogen-bond acceptors (Lipinski definition) is 2. The lowest BCUT2D eigenvalue weighted by atomic mass is 9.98. The molecule has 2 atom stereocenters. The number of benzene rings is 1. The maximum atomic E-state index is 13.3. The minimum Gasteiger partial charge on any atom is -0.377 e. The summed E-state index contributed by atoms with van der Waals surface area (Å²) in [4.78, 5) is 0. The molecule has 0 radical (unpaired) electrons. The fraction of sp³-hybridized carbons (Fsp3) is 0.647. The maximum absolute atomic E-state index is 13.3. The van der Waals surface area contributed by atoms with Crippen molar-refractivity contribution in [2.24, 2.45) is 5.92 Å². The van der Waals surface area contributed by atoms with Gasteiger partial charge in [-0.25, -0.2) is 4.39 Å². The van der Waals surface area contributed by atoms with Gasteiger partial charge in [0, 0.05) is 12.6 Å². The van der Waals surface area contributed by atoms with Gasteiger partial charge >= 0.3 is 0 Å². The zero-order valence-electron chi connectivity index (χ0n) is 12.9. The summed E-state index contributed by atoms with van der Waals surface area (Å²) in [6.07, 6.45) is 4.65. The summed E-state index contributed by atoms with van der Waals surface area (Å²) in [5.74, 6) is 0.303. The van der Waals surface area contributed by atoms with Gasteiger partial charge in [-0.1, -0.05) is 24.6 Å². The Morgan fingerprint density at radius 2 is 2.14 bits per heavy atom. The van der Waals surface area contributed by atoms with Crippen LogP contribution in [0.2, 0.25) is 5.02 Å². The van der Waals surface area contributed by atoms with Gasteiger partial charge in [-0.05, 0) is 62.8 Å². The Morgan fingerprint density at radius 3 is 2.71 bits per heavy atom. The van der Waals surface area contributed by atoms with Gasteiger partial charge in [-0.2, -0.15) is 0 Å². The molecule has 0 saturated heterocycles. The van der Waals surface area contributed by atoms with E-state index in [1.54, 1.807) is 6.07 Å². The highest BCUT2D eigenvalue weighted by atomic mass is 35.5. The summed E-state index contributed by atoms with van der Waals surface area (Å²) < 4.78 is 19.3. The van der Waals surface area contributed by atoms with E-state index in [0.29, 0.717) is 5.92 Å². The number of ether oxygens (including phenoxy) is 1. The second-order valence-corrected chi connectivity index (χ2v) is 6.18. The first-order valence-electron chi connectivity index (χ1n) is 7.94. The molecule has 2 nitrogen and oxygen atoms in total. The topological polar surface area (TPSA) is 21.3 Å². The van der Waals surface area contributed by atoms with E-state index in [9.17, 15) is 4.39 Å². The van der Waals surface area contributed by atoms with Crippen molar-refractivity contribution in [3.8, 4) is 0 Å². The van der Waals surface area contributed by atoms with E-state index in [2.05, 4.69) is 12.2 Å². The Hall–Kier alpha value is -0.640. The van der Waals surface area contributed by atoms with E-state index in [0.717, 1.165) is 31.6 Å². The Morgan fingerprint density at radius 1 is 1.38 bits per heavy atom. The van der Waals surface area contributed by atoms with Gasteiger partial charge in [-0.3, -0.25) is 0 Å².